The van der Waals surface area contributed by atoms with Crippen LogP contribution in [0.3, 0.4) is 0 Å². The average Bonchev–Trinajstić information content (AvgIpc) is 1.99. The molecule has 1 unspecified atom stereocenters. The molecular weight excluding hydrogens is 160 g/mol. The molecule has 0 aliphatic carbocycles. The fourth-order valence-electron chi connectivity index (χ4n) is 1.15. The molecule has 0 aromatic heterocycles. The van der Waals surface area contributed by atoms with Crippen molar-refractivity contribution in [2.45, 2.75) is 60.3 Å². The van der Waals surface area contributed by atoms with Gasteiger partial charge in [-0.25, -0.2) is 0 Å². The molecular formula is C12H24O. The first-order valence-corrected chi connectivity index (χ1v) is 5.37. The van der Waals surface area contributed by atoms with Gasteiger partial charge in [0.15, 0.2) is 0 Å². The number of carbonyl (C=O) groups is 1. The molecule has 0 bridgehead atoms. The lowest BCUT2D eigenvalue weighted by molar-refractivity contribution is -0.120. The Kier molecular flexibility index (Phi) is 5.27. The van der Waals surface area contributed by atoms with Crippen molar-refractivity contribution in [1.29, 1.82) is 0 Å². The van der Waals surface area contributed by atoms with Gasteiger partial charge in [-0.05, 0) is 17.8 Å². The molecule has 0 radical (unpaired) electrons. The maximum atomic E-state index is 11.5. The Morgan fingerprint density at radius 3 is 2.23 bits per heavy atom. The van der Waals surface area contributed by atoms with E-state index in [1.807, 2.05) is 0 Å². The van der Waals surface area contributed by atoms with Gasteiger partial charge in [-0.1, -0.05) is 41.0 Å². The number of carbonyl (C=O) groups excluding carboxylic acids is 1. The summed E-state index contributed by atoms with van der Waals surface area (Å²) >= 11 is 0. The number of hydrogen-bond acceptors (Lipinski definition) is 1. The van der Waals surface area contributed by atoms with Crippen LogP contribution in [-0.4, -0.2) is 5.78 Å². The lowest BCUT2D eigenvalue weighted by Crippen LogP contribution is -2.10. The molecule has 0 fully saturated rings. The standard InChI is InChI=1S/C12H24O/c1-6-10(2)9-11(13)7-8-12(3,4)5/h10H,6-9H2,1-5H3. The van der Waals surface area contributed by atoms with Gasteiger partial charge in [-0.15, -0.1) is 0 Å². The van der Waals surface area contributed by atoms with Crippen LogP contribution in [0, 0.1) is 11.3 Å². The molecule has 78 valence electrons. The van der Waals surface area contributed by atoms with E-state index in [-0.39, 0.29) is 0 Å². The second-order valence-electron chi connectivity index (χ2n) is 5.32. The van der Waals surface area contributed by atoms with Gasteiger partial charge in [-0.2, -0.15) is 0 Å². The Morgan fingerprint density at radius 2 is 1.85 bits per heavy atom. The Balaban J connectivity index is 3.64. The largest absolute Gasteiger partial charge is 0.300 e. The number of Topliss-reactive ketones (excluding diaryl/α,β-unsaturated/α-hetero) is 1. The topological polar surface area (TPSA) is 17.1 Å². The van der Waals surface area contributed by atoms with Gasteiger partial charge >= 0.3 is 0 Å². The lowest BCUT2D eigenvalue weighted by atomic mass is 9.88. The molecule has 0 amide bonds. The van der Waals surface area contributed by atoms with Gasteiger partial charge < -0.3 is 0 Å². The highest BCUT2D eigenvalue weighted by Crippen LogP contribution is 2.21. The summed E-state index contributed by atoms with van der Waals surface area (Å²) in [7, 11) is 0. The van der Waals surface area contributed by atoms with E-state index in [0.29, 0.717) is 17.1 Å². The molecule has 1 atom stereocenters. The van der Waals surface area contributed by atoms with Crippen LogP contribution in [0.1, 0.15) is 60.3 Å². The molecule has 0 aromatic rings. The second kappa shape index (κ2) is 5.41. The molecule has 0 heterocycles. The Bertz CT molecular complexity index is 153. The SMILES string of the molecule is CCC(C)CC(=O)CCC(C)(C)C. The first-order chi connectivity index (χ1) is 5.85. The molecule has 0 aliphatic rings. The summed E-state index contributed by atoms with van der Waals surface area (Å²) in [5.74, 6) is 0.997. The van der Waals surface area contributed by atoms with Crippen LogP contribution in [0.25, 0.3) is 0 Å². The van der Waals surface area contributed by atoms with Crippen molar-refractivity contribution in [2.75, 3.05) is 0 Å². The summed E-state index contributed by atoms with van der Waals surface area (Å²) in [5, 5.41) is 0. The number of hydrogen-bond donors (Lipinski definition) is 0. The van der Waals surface area contributed by atoms with E-state index in [0.717, 1.165) is 25.7 Å². The zero-order valence-corrected chi connectivity index (χ0v) is 9.81. The van der Waals surface area contributed by atoms with E-state index in [1.54, 1.807) is 0 Å². The Labute approximate surface area is 82.9 Å². The van der Waals surface area contributed by atoms with Crippen molar-refractivity contribution in [2.24, 2.45) is 11.3 Å². The molecule has 1 heteroatoms. The molecule has 0 saturated heterocycles. The van der Waals surface area contributed by atoms with Gasteiger partial charge in [0, 0.05) is 12.8 Å². The minimum atomic E-state index is 0.297. The smallest absolute Gasteiger partial charge is 0.133 e. The minimum absolute atomic E-state index is 0.297. The highest BCUT2D eigenvalue weighted by atomic mass is 16.1. The van der Waals surface area contributed by atoms with Crippen molar-refractivity contribution in [3.05, 3.63) is 0 Å². The molecule has 1 nitrogen and oxygen atoms in total. The Hall–Kier alpha value is -0.330. The van der Waals surface area contributed by atoms with Gasteiger partial charge in [0.1, 0.15) is 5.78 Å². The summed E-state index contributed by atoms with van der Waals surface area (Å²) in [6.07, 6.45) is 3.66. The molecule has 0 saturated carbocycles. The normalized spacial score (nSPS) is 14.2. The van der Waals surface area contributed by atoms with Crippen LogP contribution in [0.2, 0.25) is 0 Å². The predicted molar refractivity (Wildman–Crippen MR) is 57.8 cm³/mol. The third-order valence-corrected chi connectivity index (χ3v) is 2.43. The molecule has 0 aromatic carbocycles. The van der Waals surface area contributed by atoms with Gasteiger partial charge in [0.25, 0.3) is 0 Å². The van der Waals surface area contributed by atoms with Crippen molar-refractivity contribution >= 4 is 5.78 Å². The highest BCUT2D eigenvalue weighted by molar-refractivity contribution is 5.78. The van der Waals surface area contributed by atoms with E-state index >= 15 is 0 Å². The van der Waals surface area contributed by atoms with Crippen LogP contribution in [-0.2, 0) is 4.79 Å². The first kappa shape index (κ1) is 12.7. The zero-order valence-electron chi connectivity index (χ0n) is 9.81. The minimum Gasteiger partial charge on any atom is -0.300 e. The van der Waals surface area contributed by atoms with Crippen molar-refractivity contribution in [3.8, 4) is 0 Å². The lowest BCUT2D eigenvalue weighted by Gasteiger charge is -2.17. The van der Waals surface area contributed by atoms with Crippen molar-refractivity contribution in [3.63, 3.8) is 0 Å². The fourth-order valence-corrected chi connectivity index (χ4v) is 1.15. The molecule has 0 N–H and O–H groups in total. The van der Waals surface area contributed by atoms with Crippen molar-refractivity contribution < 1.29 is 4.79 Å². The fraction of sp³-hybridized carbons (Fsp3) is 0.917. The molecule has 0 spiro atoms. The van der Waals surface area contributed by atoms with E-state index in [2.05, 4.69) is 34.6 Å². The summed E-state index contributed by atoms with van der Waals surface area (Å²) in [5.41, 5.74) is 0.297. The van der Waals surface area contributed by atoms with E-state index in [1.165, 1.54) is 0 Å². The maximum absolute atomic E-state index is 11.5. The van der Waals surface area contributed by atoms with E-state index in [4.69, 9.17) is 0 Å². The second-order valence-corrected chi connectivity index (χ2v) is 5.32. The van der Waals surface area contributed by atoms with E-state index in [9.17, 15) is 4.79 Å². The third-order valence-electron chi connectivity index (χ3n) is 2.43. The zero-order chi connectivity index (χ0) is 10.5. The summed E-state index contributed by atoms with van der Waals surface area (Å²) < 4.78 is 0. The van der Waals surface area contributed by atoms with Crippen molar-refractivity contribution in [1.82, 2.24) is 0 Å². The summed E-state index contributed by atoms with van der Waals surface area (Å²) in [6.45, 7) is 10.8. The van der Waals surface area contributed by atoms with Crippen LogP contribution in [0.15, 0.2) is 0 Å². The quantitative estimate of drug-likeness (QED) is 0.635. The monoisotopic (exact) mass is 184 g/mol. The Morgan fingerprint density at radius 1 is 1.31 bits per heavy atom. The van der Waals surface area contributed by atoms with Gasteiger partial charge in [0.2, 0.25) is 0 Å². The van der Waals surface area contributed by atoms with Gasteiger partial charge in [-0.3, -0.25) is 4.79 Å². The van der Waals surface area contributed by atoms with Gasteiger partial charge in [0.05, 0.1) is 0 Å². The average molecular weight is 184 g/mol. The predicted octanol–water partition coefficient (Wildman–Crippen LogP) is 3.82. The highest BCUT2D eigenvalue weighted by Gasteiger charge is 2.14. The van der Waals surface area contributed by atoms with Crippen LogP contribution >= 0.6 is 0 Å². The van der Waals surface area contributed by atoms with Crippen LogP contribution < -0.4 is 0 Å². The number of rotatable bonds is 5. The van der Waals surface area contributed by atoms with Crippen LogP contribution in [0.5, 0.6) is 0 Å². The molecule has 0 rings (SSSR count). The first-order valence-electron chi connectivity index (χ1n) is 5.37. The molecule has 0 aliphatic heterocycles. The third kappa shape index (κ3) is 8.01. The summed E-state index contributed by atoms with van der Waals surface area (Å²) in [6, 6.07) is 0. The molecule has 13 heavy (non-hydrogen) atoms. The maximum Gasteiger partial charge on any atom is 0.133 e. The summed E-state index contributed by atoms with van der Waals surface area (Å²) in [4.78, 5) is 11.5. The van der Waals surface area contributed by atoms with E-state index < -0.39 is 0 Å². The van der Waals surface area contributed by atoms with Crippen LogP contribution in [0.4, 0.5) is 0 Å². The number of ketones is 1.